The minimum atomic E-state index is -0.367. The summed E-state index contributed by atoms with van der Waals surface area (Å²) in [6.45, 7) is 5.77. The molecular weight excluding hydrogens is 542 g/mol. The summed E-state index contributed by atoms with van der Waals surface area (Å²) in [5, 5.41) is 0.309. The second kappa shape index (κ2) is 13.6. The standard InChI is InChI=1S/C20H25BrCl2NO3.Y/c1-3-4-5-6-7-14-8-18(21)20(23)17(14)12-27-16-9-15(11-26-13(2)25)24-19(22)10-16;/h5-6,9-10,14,17-18,20H,1,3-4,7-8,11-12H2,2H3;/q-1;/b6-5-;/t14-,17+,18?,20?;/m0./s1. The largest absolute Gasteiger partial charge is 0.493 e. The third kappa shape index (κ3) is 8.59. The van der Waals surface area contributed by atoms with Gasteiger partial charge in [-0.25, -0.2) is 4.98 Å². The number of ether oxygens (including phenoxy) is 2. The van der Waals surface area contributed by atoms with Crippen molar-refractivity contribution >= 4 is 45.1 Å². The number of rotatable bonds is 9. The Balaban J connectivity index is 0.00000392. The molecule has 0 amide bonds. The van der Waals surface area contributed by atoms with E-state index in [-0.39, 0.29) is 61.4 Å². The Hall–Kier alpha value is 0.324. The number of alkyl halides is 2. The molecule has 153 valence electrons. The molecule has 1 heterocycles. The van der Waals surface area contributed by atoms with Gasteiger partial charge in [-0.05, 0) is 18.8 Å². The van der Waals surface area contributed by atoms with Crippen LogP contribution in [0.1, 0.15) is 38.3 Å². The van der Waals surface area contributed by atoms with Crippen molar-refractivity contribution < 1.29 is 47.0 Å². The summed E-state index contributed by atoms with van der Waals surface area (Å²) < 4.78 is 11.0. The van der Waals surface area contributed by atoms with Gasteiger partial charge >= 0.3 is 5.97 Å². The van der Waals surface area contributed by atoms with E-state index in [9.17, 15) is 4.79 Å². The number of allylic oxidation sites excluding steroid dienone is 2. The van der Waals surface area contributed by atoms with Gasteiger partial charge in [0.05, 0.1) is 17.7 Å². The third-order valence-corrected chi connectivity index (χ3v) is 6.62. The molecule has 1 saturated carbocycles. The monoisotopic (exact) mass is 565 g/mol. The molecule has 4 atom stereocenters. The van der Waals surface area contributed by atoms with Crippen LogP contribution in [0.25, 0.3) is 0 Å². The van der Waals surface area contributed by atoms with Crippen molar-refractivity contribution in [2.24, 2.45) is 11.8 Å². The number of halogens is 3. The molecule has 4 nitrogen and oxygen atoms in total. The first-order valence-electron chi connectivity index (χ1n) is 9.05. The molecule has 0 spiro atoms. The number of carbonyl (C=O) groups is 1. The van der Waals surface area contributed by atoms with Crippen LogP contribution < -0.4 is 4.74 Å². The Morgan fingerprint density at radius 2 is 2.18 bits per heavy atom. The van der Waals surface area contributed by atoms with Crippen molar-refractivity contribution in [2.45, 2.75) is 49.4 Å². The van der Waals surface area contributed by atoms with E-state index in [0.717, 1.165) is 25.7 Å². The molecule has 0 N–H and O–H groups in total. The van der Waals surface area contributed by atoms with Gasteiger partial charge in [0.1, 0.15) is 17.5 Å². The fraction of sp³-hybridized carbons (Fsp3) is 0.550. The zero-order valence-corrected chi connectivity index (χ0v) is 21.9. The van der Waals surface area contributed by atoms with Crippen LogP contribution >= 0.6 is 39.1 Å². The maximum absolute atomic E-state index is 11.0. The van der Waals surface area contributed by atoms with Gasteiger partial charge in [-0.15, -0.1) is 11.6 Å². The number of esters is 1. The number of nitrogens with zero attached hydrogens (tertiary/aromatic N) is 1. The maximum atomic E-state index is 11.0. The van der Waals surface area contributed by atoms with Crippen LogP contribution in [0.3, 0.4) is 0 Å². The van der Waals surface area contributed by atoms with Crippen LogP contribution in [0.5, 0.6) is 5.75 Å². The molecule has 8 heteroatoms. The average Bonchev–Trinajstić information content (AvgIpc) is 2.88. The van der Waals surface area contributed by atoms with Gasteiger partial charge in [0.2, 0.25) is 0 Å². The number of unbranched alkanes of at least 4 members (excludes halogenated alkanes) is 1. The van der Waals surface area contributed by atoms with E-state index in [2.05, 4.69) is 40.0 Å². The van der Waals surface area contributed by atoms with Crippen LogP contribution in [0.15, 0.2) is 24.3 Å². The van der Waals surface area contributed by atoms with Crippen molar-refractivity contribution in [3.63, 3.8) is 0 Å². The molecule has 1 fully saturated rings. The van der Waals surface area contributed by atoms with Gasteiger partial charge < -0.3 is 16.4 Å². The maximum Gasteiger partial charge on any atom is 0.303 e. The Morgan fingerprint density at radius 1 is 1.43 bits per heavy atom. The van der Waals surface area contributed by atoms with E-state index in [1.807, 2.05) is 0 Å². The first-order valence-corrected chi connectivity index (χ1v) is 10.8. The predicted octanol–water partition coefficient (Wildman–Crippen LogP) is 5.74. The molecule has 0 aromatic carbocycles. The van der Waals surface area contributed by atoms with Crippen molar-refractivity contribution in [3.05, 3.63) is 42.1 Å². The second-order valence-electron chi connectivity index (χ2n) is 6.68. The SMILES string of the molecule is [CH2-]CC/C=C\C[C@H]1CC(Br)C(Cl)[C@@H]1COc1cc(Cl)nc(COC(C)=O)c1.[Y]. The van der Waals surface area contributed by atoms with Gasteiger partial charge in [0.15, 0.2) is 0 Å². The third-order valence-electron chi connectivity index (χ3n) is 4.55. The molecule has 1 radical (unpaired) electrons. The molecule has 1 aliphatic carbocycles. The summed E-state index contributed by atoms with van der Waals surface area (Å²) in [6.07, 6.45) is 8.31. The fourth-order valence-corrected chi connectivity index (χ4v) is 4.65. The summed E-state index contributed by atoms with van der Waals surface area (Å²) in [7, 11) is 0. The topological polar surface area (TPSA) is 48.4 Å². The molecule has 0 bridgehead atoms. The minimum absolute atomic E-state index is 0. The molecular formula is C20H25BrCl2NO3Y-. The van der Waals surface area contributed by atoms with Crippen LogP contribution in [0.4, 0.5) is 0 Å². The molecule has 28 heavy (non-hydrogen) atoms. The van der Waals surface area contributed by atoms with Gasteiger partial charge in [0, 0.05) is 62.5 Å². The molecule has 1 aromatic rings. The normalized spacial score (nSPS) is 24.2. The Morgan fingerprint density at radius 3 is 2.86 bits per heavy atom. The summed E-state index contributed by atoms with van der Waals surface area (Å²) in [6, 6.07) is 3.40. The molecule has 0 saturated heterocycles. The summed E-state index contributed by atoms with van der Waals surface area (Å²) >= 11 is 16.4. The van der Waals surface area contributed by atoms with E-state index in [1.54, 1.807) is 12.1 Å². The van der Waals surface area contributed by atoms with Crippen LogP contribution in [-0.2, 0) is 48.8 Å². The number of carbonyl (C=O) groups excluding carboxylic acids is 1. The van der Waals surface area contributed by atoms with Gasteiger partial charge in [-0.2, -0.15) is 6.42 Å². The van der Waals surface area contributed by atoms with Crippen molar-refractivity contribution in [2.75, 3.05) is 6.61 Å². The predicted molar refractivity (Wildman–Crippen MR) is 113 cm³/mol. The number of hydrogen-bond donors (Lipinski definition) is 0. The average molecular weight is 567 g/mol. The number of pyridine rings is 1. The van der Waals surface area contributed by atoms with Gasteiger partial charge in [-0.1, -0.05) is 46.1 Å². The molecule has 2 rings (SSSR count). The van der Waals surface area contributed by atoms with Crippen LogP contribution in [0, 0.1) is 18.8 Å². The summed E-state index contributed by atoms with van der Waals surface area (Å²) in [5.41, 5.74) is 0.549. The second-order valence-corrected chi connectivity index (χ2v) is 8.74. The van der Waals surface area contributed by atoms with Crippen molar-refractivity contribution in [3.8, 4) is 5.75 Å². The zero-order chi connectivity index (χ0) is 19.8. The zero-order valence-electron chi connectivity index (χ0n) is 16.0. The smallest absolute Gasteiger partial charge is 0.303 e. The van der Waals surface area contributed by atoms with Crippen LogP contribution in [0.2, 0.25) is 5.15 Å². The van der Waals surface area contributed by atoms with Crippen molar-refractivity contribution in [1.29, 1.82) is 0 Å². The first-order chi connectivity index (χ1) is 12.9. The fourth-order valence-electron chi connectivity index (χ4n) is 3.18. The van der Waals surface area contributed by atoms with Gasteiger partial charge in [0.25, 0.3) is 0 Å². The number of hydrogen-bond acceptors (Lipinski definition) is 4. The van der Waals surface area contributed by atoms with E-state index < -0.39 is 0 Å². The van der Waals surface area contributed by atoms with E-state index in [0.29, 0.717) is 29.1 Å². The Kier molecular flexibility index (Phi) is 12.8. The summed E-state index contributed by atoms with van der Waals surface area (Å²) in [4.78, 5) is 15.4. The first kappa shape index (κ1) is 26.4. The van der Waals surface area contributed by atoms with E-state index in [4.69, 9.17) is 32.7 Å². The molecule has 0 aliphatic heterocycles. The van der Waals surface area contributed by atoms with Crippen LogP contribution in [-0.4, -0.2) is 27.8 Å². The van der Waals surface area contributed by atoms with E-state index >= 15 is 0 Å². The summed E-state index contributed by atoms with van der Waals surface area (Å²) in [5.74, 6) is 0.916. The molecule has 1 aliphatic rings. The Bertz CT molecular complexity index is 662. The number of aromatic nitrogens is 1. The molecule has 2 unspecified atom stereocenters. The molecule has 1 aromatic heterocycles. The van der Waals surface area contributed by atoms with Gasteiger partial charge in [-0.3, -0.25) is 4.79 Å². The minimum Gasteiger partial charge on any atom is -0.493 e. The van der Waals surface area contributed by atoms with E-state index in [1.165, 1.54) is 6.92 Å². The Labute approximate surface area is 211 Å². The quantitative estimate of drug-likeness (QED) is 0.126. The van der Waals surface area contributed by atoms with Crippen molar-refractivity contribution in [1.82, 2.24) is 4.98 Å².